The maximum absolute atomic E-state index is 12.8. The van der Waals surface area contributed by atoms with Crippen LogP contribution in [0.25, 0.3) is 0 Å². The Morgan fingerprint density at radius 3 is 2.32 bits per heavy atom. The Morgan fingerprint density at radius 1 is 1.00 bits per heavy atom. The van der Waals surface area contributed by atoms with Crippen molar-refractivity contribution in [3.8, 4) is 0 Å². The van der Waals surface area contributed by atoms with E-state index in [1.165, 1.54) is 30.3 Å². The average Bonchev–Trinajstić information content (AvgIpc) is 2.49. The first-order chi connectivity index (χ1) is 10.5. The molecule has 0 saturated heterocycles. The molecule has 2 aromatic carbocycles. The number of carbonyl (C=O) groups is 2. The second kappa shape index (κ2) is 7.24. The summed E-state index contributed by atoms with van der Waals surface area (Å²) in [5.74, 6) is -1.33. The van der Waals surface area contributed by atoms with Crippen LogP contribution in [0.5, 0.6) is 0 Å². The van der Waals surface area contributed by atoms with Gasteiger partial charge in [-0.3, -0.25) is 9.59 Å². The van der Waals surface area contributed by atoms with Crippen molar-refractivity contribution in [2.75, 3.05) is 11.9 Å². The van der Waals surface area contributed by atoms with Crippen molar-refractivity contribution in [2.24, 2.45) is 0 Å². The molecule has 0 atom stereocenters. The summed E-state index contributed by atoms with van der Waals surface area (Å²) >= 11 is 11.6. The van der Waals surface area contributed by atoms with Crippen LogP contribution in [0.1, 0.15) is 10.4 Å². The molecular formula is C15H11Cl2FN2O2. The average molecular weight is 341 g/mol. The smallest absolute Gasteiger partial charge is 0.251 e. The Bertz CT molecular complexity index is 705. The number of hydrogen-bond donors (Lipinski definition) is 2. The summed E-state index contributed by atoms with van der Waals surface area (Å²) in [7, 11) is 0. The van der Waals surface area contributed by atoms with Gasteiger partial charge in [0.05, 0.1) is 16.6 Å². The van der Waals surface area contributed by atoms with Crippen molar-refractivity contribution < 1.29 is 14.0 Å². The minimum Gasteiger partial charge on any atom is -0.343 e. The number of benzene rings is 2. The number of carbonyl (C=O) groups excluding carboxylic acids is 2. The van der Waals surface area contributed by atoms with Crippen LogP contribution in [0.3, 0.4) is 0 Å². The van der Waals surface area contributed by atoms with E-state index >= 15 is 0 Å². The van der Waals surface area contributed by atoms with Gasteiger partial charge < -0.3 is 10.6 Å². The fraction of sp³-hybridized carbons (Fsp3) is 0.0667. The molecule has 0 fully saturated rings. The Balaban J connectivity index is 1.88. The number of nitrogens with one attached hydrogen (secondary N) is 2. The van der Waals surface area contributed by atoms with Crippen molar-refractivity contribution in [3.05, 3.63) is 63.9 Å². The second-order valence-electron chi connectivity index (χ2n) is 4.37. The topological polar surface area (TPSA) is 58.2 Å². The highest BCUT2D eigenvalue weighted by atomic mass is 35.5. The molecule has 0 radical (unpaired) electrons. The maximum Gasteiger partial charge on any atom is 0.251 e. The molecule has 0 aliphatic rings. The normalized spacial score (nSPS) is 10.1. The minimum atomic E-state index is -0.468. The Hall–Kier alpha value is -2.11. The molecule has 22 heavy (non-hydrogen) atoms. The summed E-state index contributed by atoms with van der Waals surface area (Å²) in [5, 5.41) is 5.69. The molecule has 0 heterocycles. The van der Waals surface area contributed by atoms with Crippen molar-refractivity contribution in [1.82, 2.24) is 5.32 Å². The van der Waals surface area contributed by atoms with E-state index < -0.39 is 17.6 Å². The highest BCUT2D eigenvalue weighted by molar-refractivity contribution is 6.42. The molecule has 0 unspecified atom stereocenters. The first-order valence-corrected chi connectivity index (χ1v) is 7.00. The third-order valence-electron chi connectivity index (χ3n) is 2.72. The zero-order valence-electron chi connectivity index (χ0n) is 11.2. The fourth-order valence-electron chi connectivity index (χ4n) is 1.64. The Kier molecular flexibility index (Phi) is 5.35. The fourth-order valence-corrected chi connectivity index (χ4v) is 1.94. The van der Waals surface area contributed by atoms with Crippen LogP contribution in [-0.2, 0) is 4.79 Å². The standard InChI is InChI=1S/C15H11Cl2FN2O2/c16-12-6-5-11(7-13(12)17)20-14(21)8-19-15(22)9-1-3-10(18)4-2-9/h1-7H,8H2,(H,19,22)(H,20,21). The minimum absolute atomic E-state index is 0.226. The van der Waals surface area contributed by atoms with E-state index in [9.17, 15) is 14.0 Å². The third-order valence-corrected chi connectivity index (χ3v) is 3.46. The molecule has 0 saturated carbocycles. The Morgan fingerprint density at radius 2 is 1.68 bits per heavy atom. The molecule has 7 heteroatoms. The van der Waals surface area contributed by atoms with Crippen molar-refractivity contribution >= 4 is 40.7 Å². The lowest BCUT2D eigenvalue weighted by Gasteiger charge is -2.08. The number of hydrogen-bond acceptors (Lipinski definition) is 2. The number of amides is 2. The van der Waals surface area contributed by atoms with Crippen LogP contribution in [0.4, 0.5) is 10.1 Å². The first kappa shape index (κ1) is 16.3. The molecule has 0 spiro atoms. The predicted molar refractivity (Wildman–Crippen MR) is 83.8 cm³/mol. The summed E-state index contributed by atoms with van der Waals surface area (Å²) in [4.78, 5) is 23.5. The summed E-state index contributed by atoms with van der Waals surface area (Å²) in [6.07, 6.45) is 0. The van der Waals surface area contributed by atoms with Crippen LogP contribution in [-0.4, -0.2) is 18.4 Å². The lowest BCUT2D eigenvalue weighted by Crippen LogP contribution is -2.32. The van der Waals surface area contributed by atoms with Gasteiger partial charge in [0.25, 0.3) is 5.91 Å². The molecule has 0 aliphatic carbocycles. The van der Waals surface area contributed by atoms with Gasteiger partial charge in [0.2, 0.25) is 5.91 Å². The monoisotopic (exact) mass is 340 g/mol. The number of rotatable bonds is 4. The molecule has 2 rings (SSSR count). The quantitative estimate of drug-likeness (QED) is 0.894. The van der Waals surface area contributed by atoms with E-state index in [-0.39, 0.29) is 12.1 Å². The van der Waals surface area contributed by atoms with Gasteiger partial charge in [0, 0.05) is 11.3 Å². The van der Waals surface area contributed by atoms with Gasteiger partial charge in [0.15, 0.2) is 0 Å². The van der Waals surface area contributed by atoms with Gasteiger partial charge in [-0.05, 0) is 42.5 Å². The van der Waals surface area contributed by atoms with E-state index in [1.807, 2.05) is 0 Å². The van der Waals surface area contributed by atoms with E-state index in [1.54, 1.807) is 12.1 Å². The lowest BCUT2D eigenvalue weighted by atomic mass is 10.2. The predicted octanol–water partition coefficient (Wildman–Crippen LogP) is 3.50. The largest absolute Gasteiger partial charge is 0.343 e. The highest BCUT2D eigenvalue weighted by Crippen LogP contribution is 2.24. The van der Waals surface area contributed by atoms with Gasteiger partial charge in [-0.25, -0.2) is 4.39 Å². The van der Waals surface area contributed by atoms with E-state index in [2.05, 4.69) is 10.6 Å². The van der Waals surface area contributed by atoms with E-state index in [0.717, 1.165) is 0 Å². The molecule has 2 N–H and O–H groups in total. The summed E-state index contributed by atoms with van der Waals surface area (Å²) in [6, 6.07) is 9.66. The molecule has 2 aromatic rings. The zero-order chi connectivity index (χ0) is 16.1. The Labute approximate surface area is 136 Å². The van der Waals surface area contributed by atoms with E-state index in [0.29, 0.717) is 15.7 Å². The first-order valence-electron chi connectivity index (χ1n) is 6.24. The molecule has 114 valence electrons. The van der Waals surface area contributed by atoms with Gasteiger partial charge in [-0.2, -0.15) is 0 Å². The molecular weight excluding hydrogens is 330 g/mol. The third kappa shape index (κ3) is 4.44. The van der Waals surface area contributed by atoms with Crippen LogP contribution < -0.4 is 10.6 Å². The van der Waals surface area contributed by atoms with Gasteiger partial charge in [-0.15, -0.1) is 0 Å². The maximum atomic E-state index is 12.8. The van der Waals surface area contributed by atoms with E-state index in [4.69, 9.17) is 23.2 Å². The molecule has 0 aliphatic heterocycles. The summed E-state index contributed by atoms with van der Waals surface area (Å²) in [5.41, 5.74) is 0.735. The van der Waals surface area contributed by atoms with Gasteiger partial charge in [0.1, 0.15) is 5.82 Å². The number of anilines is 1. The molecule has 0 aromatic heterocycles. The SMILES string of the molecule is O=C(CNC(=O)c1ccc(F)cc1)Nc1ccc(Cl)c(Cl)c1. The summed E-state index contributed by atoms with van der Waals surface area (Å²) < 4.78 is 12.8. The lowest BCUT2D eigenvalue weighted by molar-refractivity contribution is -0.115. The van der Waals surface area contributed by atoms with Crippen molar-refractivity contribution in [3.63, 3.8) is 0 Å². The van der Waals surface area contributed by atoms with Gasteiger partial charge >= 0.3 is 0 Å². The molecule has 0 bridgehead atoms. The van der Waals surface area contributed by atoms with Crippen molar-refractivity contribution in [1.29, 1.82) is 0 Å². The van der Waals surface area contributed by atoms with Crippen LogP contribution in [0, 0.1) is 5.82 Å². The molecule has 4 nitrogen and oxygen atoms in total. The summed E-state index contributed by atoms with van der Waals surface area (Å²) in [6.45, 7) is -0.226. The van der Waals surface area contributed by atoms with Crippen LogP contribution in [0.15, 0.2) is 42.5 Å². The number of halogens is 3. The second-order valence-corrected chi connectivity index (χ2v) is 5.18. The van der Waals surface area contributed by atoms with Crippen LogP contribution >= 0.6 is 23.2 Å². The highest BCUT2D eigenvalue weighted by Gasteiger charge is 2.09. The van der Waals surface area contributed by atoms with Crippen LogP contribution in [0.2, 0.25) is 10.0 Å². The molecule has 2 amide bonds. The van der Waals surface area contributed by atoms with Crippen molar-refractivity contribution in [2.45, 2.75) is 0 Å². The van der Waals surface area contributed by atoms with Gasteiger partial charge in [-0.1, -0.05) is 23.2 Å². The zero-order valence-corrected chi connectivity index (χ0v) is 12.7.